The van der Waals surface area contributed by atoms with E-state index in [1.165, 1.54) is 0 Å². The number of amides is 1. The Hall–Kier alpha value is -4.20. The van der Waals surface area contributed by atoms with E-state index in [2.05, 4.69) is 20.4 Å². The molecule has 4 aromatic rings. The van der Waals surface area contributed by atoms with Crippen LogP contribution in [-0.4, -0.2) is 32.3 Å². The normalized spacial score (nSPS) is 10.5. The standard InChI is InChI=1S/C24H23N5O3/c1-2-31-22-14-20(6-7-21(22)32-17-19-5-3-9-25-15-19)24(30)27-16-18-8-11-26-23(13-18)29-12-4-10-28-29/h3-15H,2,16-17H2,1H3,(H,27,30). The van der Waals surface area contributed by atoms with Gasteiger partial charge in [-0.25, -0.2) is 9.67 Å². The lowest BCUT2D eigenvalue weighted by molar-refractivity contribution is 0.0950. The number of ether oxygens (including phenoxy) is 2. The molecule has 1 amide bonds. The Morgan fingerprint density at radius 3 is 2.72 bits per heavy atom. The summed E-state index contributed by atoms with van der Waals surface area (Å²) in [7, 11) is 0. The second-order valence-corrected chi connectivity index (χ2v) is 6.90. The van der Waals surface area contributed by atoms with E-state index >= 15 is 0 Å². The van der Waals surface area contributed by atoms with Gasteiger partial charge in [0.25, 0.3) is 5.91 Å². The molecule has 3 aromatic heterocycles. The van der Waals surface area contributed by atoms with Crippen LogP contribution in [0.2, 0.25) is 0 Å². The zero-order valence-corrected chi connectivity index (χ0v) is 17.6. The first-order valence-electron chi connectivity index (χ1n) is 10.2. The molecule has 0 atom stereocenters. The van der Waals surface area contributed by atoms with Crippen LogP contribution in [-0.2, 0) is 13.2 Å². The fourth-order valence-corrected chi connectivity index (χ4v) is 3.07. The van der Waals surface area contributed by atoms with Crippen molar-refractivity contribution in [1.82, 2.24) is 25.1 Å². The molecule has 1 N–H and O–H groups in total. The highest BCUT2D eigenvalue weighted by Crippen LogP contribution is 2.29. The van der Waals surface area contributed by atoms with E-state index in [0.29, 0.717) is 42.6 Å². The van der Waals surface area contributed by atoms with E-state index in [9.17, 15) is 4.79 Å². The van der Waals surface area contributed by atoms with Crippen LogP contribution in [0.5, 0.6) is 11.5 Å². The maximum absolute atomic E-state index is 12.7. The van der Waals surface area contributed by atoms with Crippen molar-refractivity contribution in [3.8, 4) is 17.3 Å². The molecule has 3 heterocycles. The molecular formula is C24H23N5O3. The number of benzene rings is 1. The van der Waals surface area contributed by atoms with Gasteiger partial charge in [-0.1, -0.05) is 6.07 Å². The van der Waals surface area contributed by atoms with Gasteiger partial charge in [0.05, 0.1) is 6.61 Å². The second kappa shape index (κ2) is 10.2. The lowest BCUT2D eigenvalue weighted by atomic mass is 10.1. The maximum atomic E-state index is 12.7. The number of pyridine rings is 2. The summed E-state index contributed by atoms with van der Waals surface area (Å²) in [6.07, 6.45) is 8.67. The summed E-state index contributed by atoms with van der Waals surface area (Å²) in [6, 6.07) is 14.5. The van der Waals surface area contributed by atoms with Gasteiger partial charge in [-0.2, -0.15) is 5.10 Å². The third-order valence-corrected chi connectivity index (χ3v) is 4.62. The van der Waals surface area contributed by atoms with Crippen LogP contribution >= 0.6 is 0 Å². The van der Waals surface area contributed by atoms with Crippen LogP contribution in [0.15, 0.2) is 79.5 Å². The van der Waals surface area contributed by atoms with Crippen molar-refractivity contribution >= 4 is 5.91 Å². The molecule has 0 saturated carbocycles. The summed E-state index contributed by atoms with van der Waals surface area (Å²) in [5.74, 6) is 1.58. The average molecular weight is 429 g/mol. The number of hydrogen-bond donors (Lipinski definition) is 1. The molecular weight excluding hydrogens is 406 g/mol. The molecule has 162 valence electrons. The molecule has 4 rings (SSSR count). The van der Waals surface area contributed by atoms with E-state index in [-0.39, 0.29) is 5.91 Å². The number of nitrogens with one attached hydrogen (secondary N) is 1. The van der Waals surface area contributed by atoms with Crippen molar-refractivity contribution in [3.63, 3.8) is 0 Å². The lowest BCUT2D eigenvalue weighted by Crippen LogP contribution is -2.23. The van der Waals surface area contributed by atoms with Gasteiger partial charge >= 0.3 is 0 Å². The molecule has 0 radical (unpaired) electrons. The second-order valence-electron chi connectivity index (χ2n) is 6.90. The van der Waals surface area contributed by atoms with Crippen molar-refractivity contribution in [3.05, 3.63) is 96.2 Å². The first kappa shape index (κ1) is 21.0. The Morgan fingerprint density at radius 2 is 1.94 bits per heavy atom. The summed E-state index contributed by atoms with van der Waals surface area (Å²) < 4.78 is 13.2. The molecule has 0 aliphatic heterocycles. The van der Waals surface area contributed by atoms with Crippen LogP contribution in [0.1, 0.15) is 28.4 Å². The molecule has 0 unspecified atom stereocenters. The number of carbonyl (C=O) groups is 1. The van der Waals surface area contributed by atoms with Gasteiger partial charge in [0.1, 0.15) is 6.61 Å². The molecule has 0 bridgehead atoms. The molecule has 0 aliphatic carbocycles. The van der Waals surface area contributed by atoms with Gasteiger partial charge < -0.3 is 14.8 Å². The highest BCUT2D eigenvalue weighted by atomic mass is 16.5. The van der Waals surface area contributed by atoms with Gasteiger partial charge in [0.15, 0.2) is 17.3 Å². The minimum Gasteiger partial charge on any atom is -0.490 e. The molecule has 0 spiro atoms. The van der Waals surface area contributed by atoms with Gasteiger partial charge in [-0.05, 0) is 55.0 Å². The van der Waals surface area contributed by atoms with E-state index < -0.39 is 0 Å². The van der Waals surface area contributed by atoms with Crippen LogP contribution in [0.25, 0.3) is 5.82 Å². The van der Waals surface area contributed by atoms with Crippen molar-refractivity contribution in [2.75, 3.05) is 6.61 Å². The first-order valence-corrected chi connectivity index (χ1v) is 10.2. The zero-order chi connectivity index (χ0) is 22.2. The third kappa shape index (κ3) is 5.28. The van der Waals surface area contributed by atoms with Crippen LogP contribution < -0.4 is 14.8 Å². The van der Waals surface area contributed by atoms with E-state index in [1.807, 2.05) is 43.5 Å². The number of hydrogen-bond acceptors (Lipinski definition) is 6. The van der Waals surface area contributed by atoms with Gasteiger partial charge in [-0.15, -0.1) is 0 Å². The summed E-state index contributed by atoms with van der Waals surface area (Å²) in [5, 5.41) is 7.11. The smallest absolute Gasteiger partial charge is 0.251 e. The number of aromatic nitrogens is 4. The Balaban J connectivity index is 1.42. The molecule has 32 heavy (non-hydrogen) atoms. The summed E-state index contributed by atoms with van der Waals surface area (Å²) in [6.45, 7) is 3.07. The van der Waals surface area contributed by atoms with Crippen LogP contribution in [0.3, 0.4) is 0 Å². The highest BCUT2D eigenvalue weighted by molar-refractivity contribution is 5.94. The van der Waals surface area contributed by atoms with Gasteiger partial charge in [-0.3, -0.25) is 9.78 Å². The number of nitrogens with zero attached hydrogens (tertiary/aromatic N) is 4. The topological polar surface area (TPSA) is 91.2 Å². The minimum atomic E-state index is -0.206. The molecule has 0 aliphatic rings. The zero-order valence-electron chi connectivity index (χ0n) is 17.6. The molecule has 1 aromatic carbocycles. The largest absolute Gasteiger partial charge is 0.490 e. The molecule has 8 nitrogen and oxygen atoms in total. The Bertz CT molecular complexity index is 1160. The predicted molar refractivity (Wildman–Crippen MR) is 119 cm³/mol. The van der Waals surface area contributed by atoms with Gasteiger partial charge in [0, 0.05) is 48.7 Å². The van der Waals surface area contributed by atoms with Crippen molar-refractivity contribution in [2.24, 2.45) is 0 Å². The molecule has 0 saturated heterocycles. The van der Waals surface area contributed by atoms with Crippen molar-refractivity contribution < 1.29 is 14.3 Å². The van der Waals surface area contributed by atoms with Crippen LogP contribution in [0, 0.1) is 0 Å². The van der Waals surface area contributed by atoms with Crippen LogP contribution in [0.4, 0.5) is 0 Å². The molecule has 8 heteroatoms. The van der Waals surface area contributed by atoms with E-state index in [0.717, 1.165) is 11.1 Å². The maximum Gasteiger partial charge on any atom is 0.251 e. The quantitative estimate of drug-likeness (QED) is 0.437. The number of rotatable bonds is 9. The highest BCUT2D eigenvalue weighted by Gasteiger charge is 2.12. The third-order valence-electron chi connectivity index (χ3n) is 4.62. The monoisotopic (exact) mass is 429 g/mol. The minimum absolute atomic E-state index is 0.206. The molecule has 0 fully saturated rings. The first-order chi connectivity index (χ1) is 15.7. The predicted octanol–water partition coefficient (Wildman–Crippen LogP) is 3.57. The Morgan fingerprint density at radius 1 is 1.00 bits per heavy atom. The van der Waals surface area contributed by atoms with E-state index in [1.54, 1.807) is 47.7 Å². The van der Waals surface area contributed by atoms with Crippen molar-refractivity contribution in [2.45, 2.75) is 20.1 Å². The van der Waals surface area contributed by atoms with Crippen molar-refractivity contribution in [1.29, 1.82) is 0 Å². The Labute approximate surface area is 185 Å². The van der Waals surface area contributed by atoms with E-state index in [4.69, 9.17) is 9.47 Å². The number of carbonyl (C=O) groups excluding carboxylic acids is 1. The Kier molecular flexibility index (Phi) is 6.72. The fraction of sp³-hybridized carbons (Fsp3) is 0.167. The average Bonchev–Trinajstić information content (AvgIpc) is 3.38. The fourth-order valence-electron chi connectivity index (χ4n) is 3.07. The lowest BCUT2D eigenvalue weighted by Gasteiger charge is -2.13. The summed E-state index contributed by atoms with van der Waals surface area (Å²) in [4.78, 5) is 21.1. The summed E-state index contributed by atoms with van der Waals surface area (Å²) in [5.41, 5.74) is 2.35. The SMILES string of the molecule is CCOc1cc(C(=O)NCc2ccnc(-n3cccn3)c2)ccc1OCc1cccnc1. The van der Waals surface area contributed by atoms with Gasteiger partial charge in [0.2, 0.25) is 0 Å². The summed E-state index contributed by atoms with van der Waals surface area (Å²) >= 11 is 0.